The van der Waals surface area contributed by atoms with E-state index in [1.54, 1.807) is 0 Å². The number of rotatable bonds is 3. The van der Waals surface area contributed by atoms with Crippen molar-refractivity contribution in [3.63, 3.8) is 0 Å². The lowest BCUT2D eigenvalue weighted by Crippen LogP contribution is -2.08. The Labute approximate surface area is 112 Å². The highest BCUT2D eigenvalue weighted by molar-refractivity contribution is 6.09. The van der Waals surface area contributed by atoms with E-state index in [0.29, 0.717) is 0 Å². The number of halogens is 4. The first-order chi connectivity index (χ1) is 9.41. The number of carbonyl (C=O) groups is 1. The molecule has 0 saturated heterocycles. The molecule has 1 aromatic carbocycles. The fourth-order valence-corrected chi connectivity index (χ4v) is 1.77. The largest absolute Gasteiger partial charge is 0.288 e. The molecule has 0 atom stereocenters. The summed E-state index contributed by atoms with van der Waals surface area (Å²) in [7, 11) is 0. The van der Waals surface area contributed by atoms with Gasteiger partial charge in [-0.25, -0.2) is 17.6 Å². The van der Waals surface area contributed by atoms with E-state index in [0.717, 1.165) is 18.3 Å². The fraction of sp³-hybridized carbons (Fsp3) is 0.143. The lowest BCUT2D eigenvalue weighted by Gasteiger charge is -2.07. The van der Waals surface area contributed by atoms with Crippen LogP contribution in [0.1, 0.15) is 33.6 Å². The van der Waals surface area contributed by atoms with Gasteiger partial charge < -0.3 is 0 Å². The average molecular weight is 283 g/mol. The summed E-state index contributed by atoms with van der Waals surface area (Å²) in [5.41, 5.74) is -0.865. The molecule has 2 aromatic rings. The van der Waals surface area contributed by atoms with Crippen LogP contribution in [-0.4, -0.2) is 10.8 Å². The smallest absolute Gasteiger partial charge is 0.280 e. The molecule has 0 aliphatic rings. The molecule has 0 N–H and O–H groups in total. The third-order valence-corrected chi connectivity index (χ3v) is 2.78. The number of pyridine rings is 1. The molecule has 0 aliphatic carbocycles. The Bertz CT molecular complexity index is 670. The fourth-order valence-electron chi connectivity index (χ4n) is 1.77. The summed E-state index contributed by atoms with van der Waals surface area (Å²) < 4.78 is 51.7. The van der Waals surface area contributed by atoms with Crippen molar-refractivity contribution in [2.24, 2.45) is 0 Å². The lowest BCUT2D eigenvalue weighted by atomic mass is 10.0. The molecule has 0 unspecified atom stereocenters. The first kappa shape index (κ1) is 14.2. The van der Waals surface area contributed by atoms with Gasteiger partial charge in [0.25, 0.3) is 6.43 Å². The van der Waals surface area contributed by atoms with E-state index in [2.05, 4.69) is 4.98 Å². The monoisotopic (exact) mass is 283 g/mol. The van der Waals surface area contributed by atoms with Gasteiger partial charge in [0.05, 0.1) is 5.56 Å². The second kappa shape index (κ2) is 5.40. The van der Waals surface area contributed by atoms with Crippen LogP contribution in [0.3, 0.4) is 0 Å². The van der Waals surface area contributed by atoms with Crippen LogP contribution in [0.4, 0.5) is 17.6 Å². The van der Waals surface area contributed by atoms with E-state index in [1.807, 2.05) is 0 Å². The zero-order valence-corrected chi connectivity index (χ0v) is 10.3. The molecule has 1 aromatic heterocycles. The highest BCUT2D eigenvalue weighted by Gasteiger charge is 2.19. The summed E-state index contributed by atoms with van der Waals surface area (Å²) in [5.74, 6) is -3.23. The van der Waals surface area contributed by atoms with Crippen LogP contribution in [-0.2, 0) is 0 Å². The Kier molecular flexibility index (Phi) is 3.83. The summed E-state index contributed by atoms with van der Waals surface area (Å²) in [6.45, 7) is 1.37. The molecule has 1 heterocycles. The van der Waals surface area contributed by atoms with Gasteiger partial charge in [-0.05, 0) is 30.7 Å². The quantitative estimate of drug-likeness (QED) is 0.633. The third kappa shape index (κ3) is 2.54. The minimum absolute atomic E-state index is 0.0728. The van der Waals surface area contributed by atoms with Gasteiger partial charge >= 0.3 is 0 Å². The topological polar surface area (TPSA) is 30.0 Å². The molecule has 20 heavy (non-hydrogen) atoms. The predicted octanol–water partition coefficient (Wildman–Crippen LogP) is 3.84. The van der Waals surface area contributed by atoms with Crippen molar-refractivity contribution in [3.05, 3.63) is 64.5 Å². The van der Waals surface area contributed by atoms with E-state index in [9.17, 15) is 22.4 Å². The molecule has 0 amide bonds. The molecule has 6 heteroatoms. The second-order valence-corrected chi connectivity index (χ2v) is 4.16. The number of carbonyl (C=O) groups excluding carboxylic acids is 1. The Morgan fingerprint density at radius 3 is 2.55 bits per heavy atom. The molecule has 0 saturated carbocycles. The minimum atomic E-state index is -2.76. The van der Waals surface area contributed by atoms with Crippen LogP contribution in [0.25, 0.3) is 0 Å². The Balaban J connectivity index is 2.44. The maximum absolute atomic E-state index is 13.5. The van der Waals surface area contributed by atoms with E-state index in [1.165, 1.54) is 19.1 Å². The number of aryl methyl sites for hydroxylation is 1. The van der Waals surface area contributed by atoms with Crippen molar-refractivity contribution in [3.8, 4) is 0 Å². The molecule has 2 nitrogen and oxygen atoms in total. The van der Waals surface area contributed by atoms with Gasteiger partial charge in [0.1, 0.15) is 5.69 Å². The molecule has 0 spiro atoms. The summed E-state index contributed by atoms with van der Waals surface area (Å²) in [6.07, 6.45) is -1.83. The van der Waals surface area contributed by atoms with Crippen molar-refractivity contribution >= 4 is 5.78 Å². The van der Waals surface area contributed by atoms with Crippen LogP contribution in [0, 0.1) is 18.6 Å². The van der Waals surface area contributed by atoms with E-state index >= 15 is 0 Å². The van der Waals surface area contributed by atoms with Gasteiger partial charge in [-0.1, -0.05) is 6.07 Å². The maximum Gasteiger partial charge on any atom is 0.280 e. The van der Waals surface area contributed by atoms with Crippen molar-refractivity contribution in [1.29, 1.82) is 0 Å². The van der Waals surface area contributed by atoms with E-state index < -0.39 is 35.1 Å². The predicted molar refractivity (Wildman–Crippen MR) is 63.7 cm³/mol. The lowest BCUT2D eigenvalue weighted by molar-refractivity contribution is 0.103. The van der Waals surface area contributed by atoms with Crippen molar-refractivity contribution < 1.29 is 22.4 Å². The third-order valence-electron chi connectivity index (χ3n) is 2.78. The molecule has 0 radical (unpaired) electrons. The Morgan fingerprint density at radius 1 is 1.25 bits per heavy atom. The highest BCUT2D eigenvalue weighted by atomic mass is 19.3. The number of alkyl halides is 2. The van der Waals surface area contributed by atoms with Crippen molar-refractivity contribution in [1.82, 2.24) is 4.98 Å². The van der Waals surface area contributed by atoms with Gasteiger partial charge in [0, 0.05) is 11.8 Å². The van der Waals surface area contributed by atoms with Crippen LogP contribution >= 0.6 is 0 Å². The second-order valence-electron chi connectivity index (χ2n) is 4.16. The molecule has 2 rings (SSSR count). The van der Waals surface area contributed by atoms with Crippen molar-refractivity contribution in [2.75, 3.05) is 0 Å². The van der Waals surface area contributed by atoms with Gasteiger partial charge in [0.15, 0.2) is 17.4 Å². The summed E-state index contributed by atoms with van der Waals surface area (Å²) in [5, 5.41) is 0. The van der Waals surface area contributed by atoms with Crippen LogP contribution in [0.2, 0.25) is 0 Å². The summed E-state index contributed by atoms with van der Waals surface area (Å²) in [4.78, 5) is 15.5. The normalized spacial score (nSPS) is 10.9. The Hall–Kier alpha value is -2.24. The SMILES string of the molecule is Cc1cc(C(=O)c2cccc(F)c2F)cnc1C(F)F. The summed E-state index contributed by atoms with van der Waals surface area (Å²) >= 11 is 0. The molecule has 0 bridgehead atoms. The standard InChI is InChI=1S/C14H9F4NO/c1-7-5-8(6-19-12(7)14(17)18)13(20)9-3-2-4-10(15)11(9)16/h2-6,14H,1H3. The first-order valence-corrected chi connectivity index (χ1v) is 5.65. The van der Waals surface area contributed by atoms with Crippen LogP contribution in [0.5, 0.6) is 0 Å². The molecular weight excluding hydrogens is 274 g/mol. The average Bonchev–Trinajstić information content (AvgIpc) is 2.40. The number of ketones is 1. The molecular formula is C14H9F4NO. The van der Waals surface area contributed by atoms with Crippen LogP contribution in [0.15, 0.2) is 30.5 Å². The zero-order chi connectivity index (χ0) is 14.9. The molecule has 0 fully saturated rings. The number of nitrogens with zero attached hydrogens (tertiary/aromatic N) is 1. The van der Waals surface area contributed by atoms with Crippen molar-refractivity contribution in [2.45, 2.75) is 13.3 Å². The minimum Gasteiger partial charge on any atom is -0.288 e. The van der Waals surface area contributed by atoms with Gasteiger partial charge in [-0.15, -0.1) is 0 Å². The summed E-state index contributed by atoms with van der Waals surface area (Å²) in [6, 6.07) is 4.38. The van der Waals surface area contributed by atoms with Crippen LogP contribution < -0.4 is 0 Å². The highest BCUT2D eigenvalue weighted by Crippen LogP contribution is 2.22. The zero-order valence-electron chi connectivity index (χ0n) is 10.3. The van der Waals surface area contributed by atoms with Gasteiger partial charge in [0.2, 0.25) is 0 Å². The number of hydrogen-bond acceptors (Lipinski definition) is 2. The van der Waals surface area contributed by atoms with Gasteiger partial charge in [-0.3, -0.25) is 9.78 Å². The first-order valence-electron chi connectivity index (χ1n) is 5.65. The van der Waals surface area contributed by atoms with Gasteiger partial charge in [-0.2, -0.15) is 0 Å². The number of benzene rings is 1. The van der Waals surface area contributed by atoms with E-state index in [4.69, 9.17) is 0 Å². The van der Waals surface area contributed by atoms with E-state index in [-0.39, 0.29) is 11.1 Å². The molecule has 0 aliphatic heterocycles. The maximum atomic E-state index is 13.5. The molecule has 104 valence electrons. The Morgan fingerprint density at radius 2 is 1.95 bits per heavy atom. The number of aromatic nitrogens is 1. The number of hydrogen-bond donors (Lipinski definition) is 0.